The highest BCUT2D eigenvalue weighted by Crippen LogP contribution is 2.06. The molecule has 0 saturated carbocycles. The second kappa shape index (κ2) is 16.1. The van der Waals surface area contributed by atoms with Crippen molar-refractivity contribution in [1.29, 1.82) is 0 Å². The Labute approximate surface area is 194 Å². The number of carbonyl (C=O) groups excluding carboxylic acids is 3. The normalized spacial score (nSPS) is 14.6. The number of thioether (sulfide) groups is 2. The zero-order valence-corrected chi connectivity index (χ0v) is 19.9. The second-order valence-electron chi connectivity index (χ2n) is 6.47. The van der Waals surface area contributed by atoms with Gasteiger partial charge >= 0.3 is 11.9 Å². The fraction of sp³-hybridized carbons (Fsp3) is 0.706. The van der Waals surface area contributed by atoms with Gasteiger partial charge in [0.25, 0.3) is 0 Å². The Hall–Kier alpha value is -1.64. The molecule has 0 aromatic rings. The molecule has 0 fully saturated rings. The van der Waals surface area contributed by atoms with Crippen LogP contribution in [0.15, 0.2) is 0 Å². The highest BCUT2D eigenvalue weighted by molar-refractivity contribution is 7.98. The molecule has 0 aliphatic carbocycles. The van der Waals surface area contributed by atoms with Crippen LogP contribution in [-0.4, -0.2) is 93.8 Å². The Bertz CT molecular complexity index is 639. The van der Waals surface area contributed by atoms with Gasteiger partial charge in [-0.1, -0.05) is 0 Å². The summed E-state index contributed by atoms with van der Waals surface area (Å²) in [7, 11) is 0. The third-order valence-electron chi connectivity index (χ3n) is 4.01. The zero-order valence-electron chi connectivity index (χ0n) is 17.3. The SMILES string of the molecule is CSCCC(NC(=O)C(CCSC)NC(=O)C(CC(=O)O)NC(=O)C(N)CS)C(=O)O. The summed E-state index contributed by atoms with van der Waals surface area (Å²) < 4.78 is 0. The molecule has 3 amide bonds. The summed E-state index contributed by atoms with van der Waals surface area (Å²) in [4.78, 5) is 59.8. The molecule has 0 aromatic heterocycles. The van der Waals surface area contributed by atoms with Crippen molar-refractivity contribution in [2.75, 3.05) is 29.8 Å². The van der Waals surface area contributed by atoms with E-state index in [1.807, 2.05) is 0 Å². The van der Waals surface area contributed by atoms with E-state index in [1.165, 1.54) is 23.5 Å². The molecule has 0 bridgehead atoms. The predicted molar refractivity (Wildman–Crippen MR) is 124 cm³/mol. The molecule has 0 aliphatic heterocycles. The molecule has 4 atom stereocenters. The molecule has 0 aliphatic rings. The van der Waals surface area contributed by atoms with Gasteiger partial charge in [0.15, 0.2) is 0 Å². The number of hydrogen-bond donors (Lipinski definition) is 7. The molecule has 7 N–H and O–H groups in total. The van der Waals surface area contributed by atoms with Crippen molar-refractivity contribution in [2.45, 2.75) is 43.4 Å². The molecule has 0 rings (SSSR count). The van der Waals surface area contributed by atoms with E-state index in [9.17, 15) is 29.1 Å². The van der Waals surface area contributed by atoms with E-state index in [4.69, 9.17) is 10.8 Å². The van der Waals surface area contributed by atoms with Gasteiger partial charge in [-0.15, -0.1) is 0 Å². The maximum Gasteiger partial charge on any atom is 0.326 e. The molecular weight excluding hydrogens is 468 g/mol. The number of rotatable bonds is 16. The Kier molecular flexibility index (Phi) is 15.2. The average Bonchev–Trinajstić information content (AvgIpc) is 2.71. The van der Waals surface area contributed by atoms with Crippen LogP contribution >= 0.6 is 36.2 Å². The molecular formula is C17H30N4O7S3. The molecule has 0 spiro atoms. The van der Waals surface area contributed by atoms with Crippen molar-refractivity contribution < 1.29 is 34.2 Å². The second-order valence-corrected chi connectivity index (χ2v) is 8.81. The van der Waals surface area contributed by atoms with Crippen LogP contribution in [0.1, 0.15) is 19.3 Å². The van der Waals surface area contributed by atoms with E-state index in [0.29, 0.717) is 11.5 Å². The fourth-order valence-electron chi connectivity index (χ4n) is 2.29. The van der Waals surface area contributed by atoms with Crippen molar-refractivity contribution in [3.8, 4) is 0 Å². The Morgan fingerprint density at radius 3 is 1.74 bits per heavy atom. The number of nitrogens with two attached hydrogens (primary N) is 1. The maximum atomic E-state index is 12.6. The summed E-state index contributed by atoms with van der Waals surface area (Å²) >= 11 is 6.72. The number of amides is 3. The fourth-order valence-corrected chi connectivity index (χ4v) is 3.40. The third-order valence-corrected chi connectivity index (χ3v) is 5.70. The van der Waals surface area contributed by atoms with Crippen LogP contribution in [0, 0.1) is 0 Å². The van der Waals surface area contributed by atoms with E-state index >= 15 is 0 Å². The van der Waals surface area contributed by atoms with Crippen LogP contribution in [0.25, 0.3) is 0 Å². The number of nitrogens with one attached hydrogen (secondary N) is 3. The van der Waals surface area contributed by atoms with Crippen molar-refractivity contribution in [1.82, 2.24) is 16.0 Å². The number of carboxylic acid groups (broad SMARTS) is 2. The Balaban J connectivity index is 5.38. The molecule has 31 heavy (non-hydrogen) atoms. The van der Waals surface area contributed by atoms with E-state index < -0.39 is 60.2 Å². The van der Waals surface area contributed by atoms with Crippen LogP contribution in [-0.2, 0) is 24.0 Å². The molecule has 0 radical (unpaired) electrons. The van der Waals surface area contributed by atoms with Crippen molar-refractivity contribution in [3.05, 3.63) is 0 Å². The lowest BCUT2D eigenvalue weighted by Crippen LogP contribution is -2.57. The van der Waals surface area contributed by atoms with Crippen molar-refractivity contribution in [3.63, 3.8) is 0 Å². The molecule has 0 heterocycles. The minimum absolute atomic E-state index is 0.0153. The zero-order chi connectivity index (χ0) is 24.0. The minimum Gasteiger partial charge on any atom is -0.481 e. The summed E-state index contributed by atoms with van der Waals surface area (Å²) in [6.45, 7) is 0. The van der Waals surface area contributed by atoms with Crippen LogP contribution in [0.3, 0.4) is 0 Å². The van der Waals surface area contributed by atoms with Crippen LogP contribution in [0.4, 0.5) is 0 Å². The quantitative estimate of drug-likeness (QED) is 0.127. The highest BCUT2D eigenvalue weighted by atomic mass is 32.2. The number of thiol groups is 1. The Morgan fingerprint density at radius 2 is 1.29 bits per heavy atom. The first-order valence-electron chi connectivity index (χ1n) is 9.27. The van der Waals surface area contributed by atoms with Gasteiger partial charge in [0, 0.05) is 5.75 Å². The standard InChI is InChI=1S/C17H30N4O7S3/c1-30-5-3-10(15(25)20-11(17(27)28)4-6-31-2)19-16(26)12(7-13(22)23)21-14(24)9(18)8-29/h9-12,29H,3-8,18H2,1-2H3,(H,19,26)(H,20,25)(H,21,24)(H,22,23)(H,27,28). The first-order chi connectivity index (χ1) is 14.6. The molecule has 14 heteroatoms. The predicted octanol–water partition coefficient (Wildman–Crippen LogP) is -1.24. The van der Waals surface area contributed by atoms with E-state index in [-0.39, 0.29) is 18.6 Å². The van der Waals surface area contributed by atoms with Gasteiger partial charge in [-0.25, -0.2) is 4.79 Å². The van der Waals surface area contributed by atoms with Crippen molar-refractivity contribution >= 4 is 65.8 Å². The van der Waals surface area contributed by atoms with E-state index in [1.54, 1.807) is 12.5 Å². The van der Waals surface area contributed by atoms with E-state index in [0.717, 1.165) is 0 Å². The molecule has 0 saturated heterocycles. The van der Waals surface area contributed by atoms with E-state index in [2.05, 4.69) is 28.6 Å². The minimum atomic E-state index is -1.47. The lowest BCUT2D eigenvalue weighted by atomic mass is 10.1. The molecule has 4 unspecified atom stereocenters. The monoisotopic (exact) mass is 498 g/mol. The topological polar surface area (TPSA) is 188 Å². The van der Waals surface area contributed by atoms with Crippen LogP contribution in [0.2, 0.25) is 0 Å². The molecule has 0 aromatic carbocycles. The Morgan fingerprint density at radius 1 is 0.839 bits per heavy atom. The summed E-state index contributed by atoms with van der Waals surface area (Å²) in [6.07, 6.45) is 3.25. The van der Waals surface area contributed by atoms with Crippen LogP contribution < -0.4 is 21.7 Å². The summed E-state index contributed by atoms with van der Waals surface area (Å²) in [5.41, 5.74) is 5.54. The number of aliphatic carboxylic acids is 2. The lowest BCUT2D eigenvalue weighted by molar-refractivity contribution is -0.143. The summed E-state index contributed by atoms with van der Waals surface area (Å²) in [5, 5.41) is 25.4. The molecule has 178 valence electrons. The smallest absolute Gasteiger partial charge is 0.326 e. The largest absolute Gasteiger partial charge is 0.481 e. The molecule has 11 nitrogen and oxygen atoms in total. The summed E-state index contributed by atoms with van der Waals surface area (Å²) in [5.74, 6) is -3.92. The van der Waals surface area contributed by atoms with Gasteiger partial charge in [-0.3, -0.25) is 19.2 Å². The van der Waals surface area contributed by atoms with Gasteiger partial charge in [0.1, 0.15) is 18.1 Å². The summed E-state index contributed by atoms with van der Waals surface area (Å²) in [6, 6.07) is -4.75. The first kappa shape index (κ1) is 29.4. The van der Waals surface area contributed by atoms with Gasteiger partial charge in [-0.05, 0) is 36.9 Å². The van der Waals surface area contributed by atoms with Crippen molar-refractivity contribution in [2.24, 2.45) is 5.73 Å². The van der Waals surface area contributed by atoms with Gasteiger partial charge < -0.3 is 31.9 Å². The van der Waals surface area contributed by atoms with Gasteiger partial charge in [-0.2, -0.15) is 36.2 Å². The highest BCUT2D eigenvalue weighted by Gasteiger charge is 2.31. The number of carbonyl (C=O) groups is 5. The number of carboxylic acids is 2. The lowest BCUT2D eigenvalue weighted by Gasteiger charge is -2.24. The first-order valence-corrected chi connectivity index (χ1v) is 12.7. The maximum absolute atomic E-state index is 12.6. The van der Waals surface area contributed by atoms with Gasteiger partial charge in [0.05, 0.1) is 12.5 Å². The average molecular weight is 499 g/mol. The number of hydrogen-bond acceptors (Lipinski definition) is 9. The van der Waals surface area contributed by atoms with Crippen LogP contribution in [0.5, 0.6) is 0 Å². The third kappa shape index (κ3) is 12.1. The van der Waals surface area contributed by atoms with Gasteiger partial charge in [0.2, 0.25) is 17.7 Å².